The fourth-order valence-corrected chi connectivity index (χ4v) is 9.40. The molecule has 6 heterocycles. The molecular formula is C58H42I2N6. The summed E-state index contributed by atoms with van der Waals surface area (Å²) in [6.07, 6.45) is 5.55. The molecule has 6 nitrogen and oxygen atoms in total. The van der Waals surface area contributed by atoms with E-state index in [0.29, 0.717) is 0 Å². The molecule has 0 aliphatic heterocycles. The first-order chi connectivity index (χ1) is 32.1. The van der Waals surface area contributed by atoms with Gasteiger partial charge in [0.05, 0.1) is 44.1 Å². The summed E-state index contributed by atoms with van der Waals surface area (Å²) in [5.41, 5.74) is 17.1. The molecule has 0 radical (unpaired) electrons. The van der Waals surface area contributed by atoms with Crippen LogP contribution in [0.25, 0.3) is 99.4 Å². The van der Waals surface area contributed by atoms with Crippen molar-refractivity contribution in [2.45, 2.75) is 7.43 Å². The van der Waals surface area contributed by atoms with Crippen LogP contribution in [-0.2, 0) is 0 Å². The molecule has 0 aliphatic carbocycles. The first kappa shape index (κ1) is 42.8. The van der Waals surface area contributed by atoms with Crippen LogP contribution in [0.15, 0.2) is 225 Å². The number of aromatic nitrogens is 6. The van der Waals surface area contributed by atoms with E-state index >= 15 is 0 Å². The van der Waals surface area contributed by atoms with Gasteiger partial charge >= 0.3 is 0 Å². The third-order valence-electron chi connectivity index (χ3n) is 11.7. The zero-order chi connectivity index (χ0) is 43.7. The van der Waals surface area contributed by atoms with Crippen molar-refractivity contribution in [3.05, 3.63) is 232 Å². The molecule has 0 amide bonds. The van der Waals surface area contributed by atoms with Crippen molar-refractivity contribution in [2.75, 3.05) is 0 Å². The van der Waals surface area contributed by atoms with Crippen LogP contribution in [0.5, 0.6) is 0 Å². The van der Waals surface area contributed by atoms with E-state index in [4.69, 9.17) is 0 Å². The average Bonchev–Trinajstić information content (AvgIpc) is 4.03. The number of benzene rings is 7. The van der Waals surface area contributed by atoms with E-state index in [9.17, 15) is 0 Å². The number of halogens is 2. The average molecular weight is 1080 g/mol. The highest BCUT2D eigenvalue weighted by Crippen LogP contribution is 2.34. The van der Waals surface area contributed by atoms with Crippen LogP contribution in [-0.4, -0.2) is 29.1 Å². The minimum absolute atomic E-state index is 0. The number of nitrogens with one attached hydrogen (secondary N) is 1. The molecule has 1 N–H and O–H groups in total. The van der Waals surface area contributed by atoms with Crippen molar-refractivity contribution in [2.24, 2.45) is 0 Å². The molecule has 0 atom stereocenters. The number of rotatable bonds is 4. The normalized spacial score (nSPS) is 11.1. The van der Waals surface area contributed by atoms with Crippen molar-refractivity contribution in [3.8, 4) is 33.6 Å². The number of nitrogens with zero attached hydrogens (tertiary/aromatic N) is 5. The Morgan fingerprint density at radius 1 is 0.318 bits per heavy atom. The quantitative estimate of drug-likeness (QED) is 0.179. The lowest BCUT2D eigenvalue weighted by Crippen LogP contribution is -1.94. The molecule has 13 rings (SSSR count). The lowest BCUT2D eigenvalue weighted by atomic mass is 10.0. The molecular weight excluding hydrogens is 1030 g/mol. The fraction of sp³-hybridized carbons (Fsp3) is 0.0172. The highest BCUT2D eigenvalue weighted by Gasteiger charge is 2.14. The molecule has 7 aromatic carbocycles. The Balaban J connectivity index is 0.000000149. The van der Waals surface area contributed by atoms with Gasteiger partial charge < -0.3 is 14.1 Å². The highest BCUT2D eigenvalue weighted by atomic mass is 127. The minimum Gasteiger partial charge on any atom is -0.353 e. The van der Waals surface area contributed by atoms with E-state index in [1.807, 2.05) is 55.0 Å². The van der Waals surface area contributed by atoms with E-state index < -0.39 is 0 Å². The molecule has 0 spiro atoms. The predicted octanol–water partition coefficient (Wildman–Crippen LogP) is 16.3. The largest absolute Gasteiger partial charge is 0.353 e. The van der Waals surface area contributed by atoms with Gasteiger partial charge in [-0.1, -0.05) is 111 Å². The molecule has 66 heavy (non-hydrogen) atoms. The van der Waals surface area contributed by atoms with Crippen LogP contribution in [0, 0.1) is 7.14 Å². The molecule has 13 aromatic rings. The molecule has 0 saturated heterocycles. The zero-order valence-corrected chi connectivity index (χ0v) is 39.2. The van der Waals surface area contributed by atoms with Gasteiger partial charge in [0.1, 0.15) is 0 Å². The summed E-state index contributed by atoms with van der Waals surface area (Å²) in [6.45, 7) is 0. The van der Waals surface area contributed by atoms with Crippen molar-refractivity contribution < 1.29 is 0 Å². The Morgan fingerprint density at radius 3 is 1.14 bits per heavy atom. The number of para-hydroxylation sites is 3. The number of H-pyrrole nitrogens is 1. The molecule has 0 aliphatic rings. The van der Waals surface area contributed by atoms with Gasteiger partial charge in [0.2, 0.25) is 0 Å². The first-order valence-corrected chi connectivity index (χ1v) is 23.5. The van der Waals surface area contributed by atoms with E-state index in [-0.39, 0.29) is 7.43 Å². The molecule has 318 valence electrons. The third-order valence-corrected chi connectivity index (χ3v) is 13.2. The maximum absolute atomic E-state index is 4.66. The number of aromatic amines is 1. The monoisotopic (exact) mass is 1080 g/mol. The second-order valence-corrected chi connectivity index (χ2v) is 18.1. The highest BCUT2D eigenvalue weighted by molar-refractivity contribution is 14.1. The molecule has 0 fully saturated rings. The van der Waals surface area contributed by atoms with Gasteiger partial charge in [-0.15, -0.1) is 0 Å². The Bertz CT molecular complexity index is 3420. The number of fused-ring (bicyclic) bond motifs is 9. The summed E-state index contributed by atoms with van der Waals surface area (Å²) >= 11 is 4.64. The van der Waals surface area contributed by atoms with Gasteiger partial charge in [0.15, 0.2) is 0 Å². The topological polar surface area (TPSA) is 64.3 Å². The molecule has 0 saturated carbocycles. The summed E-state index contributed by atoms with van der Waals surface area (Å²) < 4.78 is 7.13. The smallest absolute Gasteiger partial charge is 0.0963 e. The van der Waals surface area contributed by atoms with Crippen molar-refractivity contribution in [1.29, 1.82) is 0 Å². The van der Waals surface area contributed by atoms with Crippen LogP contribution in [0.3, 0.4) is 0 Å². The van der Waals surface area contributed by atoms with Crippen molar-refractivity contribution in [1.82, 2.24) is 29.1 Å². The summed E-state index contributed by atoms with van der Waals surface area (Å²) in [6, 6.07) is 72.1. The van der Waals surface area contributed by atoms with Crippen molar-refractivity contribution in [3.63, 3.8) is 0 Å². The molecule has 6 aromatic heterocycles. The predicted molar refractivity (Wildman–Crippen MR) is 294 cm³/mol. The lowest BCUT2D eigenvalue weighted by Gasteiger charge is -2.11. The Labute approximate surface area is 409 Å². The van der Waals surface area contributed by atoms with Crippen LogP contribution in [0.1, 0.15) is 7.43 Å². The van der Waals surface area contributed by atoms with Gasteiger partial charge in [-0.05, 0) is 171 Å². The van der Waals surface area contributed by atoms with Crippen LogP contribution < -0.4 is 0 Å². The van der Waals surface area contributed by atoms with Crippen LogP contribution in [0.2, 0.25) is 0 Å². The van der Waals surface area contributed by atoms with Gasteiger partial charge in [-0.2, -0.15) is 0 Å². The number of hydrogen-bond donors (Lipinski definition) is 1. The Hall–Kier alpha value is -7.15. The molecule has 0 bridgehead atoms. The number of hydrogen-bond acceptors (Lipinski definition) is 3. The maximum atomic E-state index is 4.66. The second kappa shape index (κ2) is 18.8. The third kappa shape index (κ3) is 8.22. The standard InChI is InChI=1S/C34H22N4.C12H8I2.C11H8N2.CH4/c1-3-9-29-27(7-1)33-31(11-5-21-35-33)37(29)25-17-13-23(14-18-25)24-15-19-26(20-16-24)38-30-10-4-2-8-28(30)34-32(38)12-6-22-36-34;13-11-5-1-9(2-6-11)10-3-7-12(14)8-4-10;1-2-5-9-8(4-1)11-10(13-9)6-3-7-12-11;/h1-22H;1-8H;1-7,13H;1H4. The summed E-state index contributed by atoms with van der Waals surface area (Å²) in [7, 11) is 0. The van der Waals surface area contributed by atoms with Gasteiger partial charge in [0, 0.05) is 58.8 Å². The van der Waals surface area contributed by atoms with Crippen molar-refractivity contribution >= 4 is 111 Å². The Morgan fingerprint density at radius 2 is 0.667 bits per heavy atom. The van der Waals surface area contributed by atoms with Gasteiger partial charge in [0.25, 0.3) is 0 Å². The second-order valence-electron chi connectivity index (χ2n) is 15.6. The molecule has 0 unspecified atom stereocenters. The maximum Gasteiger partial charge on any atom is 0.0963 e. The van der Waals surface area contributed by atoms with E-state index in [1.165, 1.54) is 56.6 Å². The van der Waals surface area contributed by atoms with Gasteiger partial charge in [-0.3, -0.25) is 15.0 Å². The summed E-state index contributed by atoms with van der Waals surface area (Å²) in [5.74, 6) is 0. The molecule has 8 heteroatoms. The zero-order valence-electron chi connectivity index (χ0n) is 34.9. The van der Waals surface area contributed by atoms with Crippen LogP contribution >= 0.6 is 45.2 Å². The SMILES string of the molecule is C.Ic1ccc(-c2ccc(I)cc2)cc1.c1ccc2c(c1)[nH]c1cccnc12.c1ccc2c(c1)c1ncccc1n2-c1ccc(-c2ccc(-n3c4ccccc4c4ncccc43)cc2)cc1. The van der Waals surface area contributed by atoms with E-state index in [2.05, 4.69) is 244 Å². The van der Waals surface area contributed by atoms with Crippen LogP contribution in [0.4, 0.5) is 0 Å². The minimum atomic E-state index is 0. The number of pyridine rings is 3. The fourth-order valence-electron chi connectivity index (χ4n) is 8.68. The van der Waals surface area contributed by atoms with E-state index in [0.717, 1.165) is 50.0 Å². The van der Waals surface area contributed by atoms with E-state index in [1.54, 1.807) is 0 Å². The Kier molecular flexibility index (Phi) is 12.2. The first-order valence-electron chi connectivity index (χ1n) is 21.3. The van der Waals surface area contributed by atoms with Gasteiger partial charge in [-0.25, -0.2) is 0 Å². The lowest BCUT2D eigenvalue weighted by molar-refractivity contribution is 1.17. The summed E-state index contributed by atoms with van der Waals surface area (Å²) in [5, 5.41) is 3.53. The summed E-state index contributed by atoms with van der Waals surface area (Å²) in [4.78, 5) is 17.0.